The van der Waals surface area contributed by atoms with Crippen molar-refractivity contribution in [3.63, 3.8) is 0 Å². The minimum Gasteiger partial charge on any atom is -0.309 e. The average Bonchev–Trinajstić information content (AvgIpc) is 3.62. The molecule has 0 atom stereocenters. The first-order valence-corrected chi connectivity index (χ1v) is 19.8. The zero-order valence-electron chi connectivity index (χ0n) is 33.0. The van der Waals surface area contributed by atoms with Crippen molar-refractivity contribution in [1.82, 2.24) is 4.57 Å². The lowest BCUT2D eigenvalue weighted by molar-refractivity contribution is 1.18. The second kappa shape index (κ2) is 15.6. The standard InChI is InChI=1S/C55H43N3/c1-37-18-11-12-27-48(37)52-36-44(33-32-38(52)2)43-23-16-26-47(35-43)58-53-31-14-13-28-50(53)51-30-17-29-49(54(51)58)45-24-15-25-46(34-45)55(56-39(3)41-19-7-5-8-20-41)57-40(4)42-21-9-6-10-22-42/h5-36H,3H2,1-2,4H3. The molecule has 0 aliphatic rings. The van der Waals surface area contributed by atoms with Gasteiger partial charge in [0.1, 0.15) is 0 Å². The van der Waals surface area contributed by atoms with Crippen LogP contribution in [0.1, 0.15) is 34.7 Å². The molecule has 0 unspecified atom stereocenters. The number of aliphatic imine (C=N–C) groups is 2. The summed E-state index contributed by atoms with van der Waals surface area (Å²) in [5.41, 5.74) is 17.5. The highest BCUT2D eigenvalue weighted by Gasteiger charge is 2.18. The lowest BCUT2D eigenvalue weighted by Crippen LogP contribution is -2.04. The van der Waals surface area contributed by atoms with Gasteiger partial charge < -0.3 is 4.57 Å². The number of fused-ring (bicyclic) bond motifs is 3. The van der Waals surface area contributed by atoms with Crippen LogP contribution in [0.2, 0.25) is 0 Å². The van der Waals surface area contributed by atoms with Crippen molar-refractivity contribution in [3.8, 4) is 39.1 Å². The van der Waals surface area contributed by atoms with Crippen LogP contribution >= 0.6 is 0 Å². The molecule has 0 saturated carbocycles. The highest BCUT2D eigenvalue weighted by Crippen LogP contribution is 2.39. The van der Waals surface area contributed by atoms with Gasteiger partial charge in [-0.05, 0) is 101 Å². The third kappa shape index (κ3) is 6.99. The zero-order chi connectivity index (χ0) is 39.6. The number of benzene rings is 8. The SMILES string of the molecule is C=C(N=C(N=C(C)c1ccccc1)c1cccc(-c2cccc3c4ccccc4n(-c4cccc(-c5ccc(C)c(-c6ccccc6C)c5)c4)c23)c1)c1ccccc1. The molecule has 0 spiro atoms. The van der Waals surface area contributed by atoms with Gasteiger partial charge in [-0.25, -0.2) is 9.98 Å². The Kier molecular flexibility index (Phi) is 9.79. The Morgan fingerprint density at radius 1 is 0.448 bits per heavy atom. The number of hydrogen-bond acceptors (Lipinski definition) is 1. The first kappa shape index (κ1) is 36.3. The summed E-state index contributed by atoms with van der Waals surface area (Å²) < 4.78 is 2.43. The largest absolute Gasteiger partial charge is 0.309 e. The van der Waals surface area contributed by atoms with Crippen LogP contribution in [0, 0.1) is 13.8 Å². The van der Waals surface area contributed by atoms with Crippen molar-refractivity contribution < 1.29 is 0 Å². The molecule has 0 amide bonds. The third-order valence-electron chi connectivity index (χ3n) is 11.1. The number of aromatic nitrogens is 1. The van der Waals surface area contributed by atoms with E-state index in [-0.39, 0.29) is 0 Å². The van der Waals surface area contributed by atoms with E-state index >= 15 is 0 Å². The van der Waals surface area contributed by atoms with Crippen molar-refractivity contribution in [1.29, 1.82) is 0 Å². The van der Waals surface area contributed by atoms with Crippen molar-refractivity contribution in [2.45, 2.75) is 20.8 Å². The summed E-state index contributed by atoms with van der Waals surface area (Å²) in [5.74, 6) is 0.612. The number of amidine groups is 1. The van der Waals surface area contributed by atoms with E-state index in [1.807, 2.05) is 55.5 Å². The Labute approximate surface area is 340 Å². The van der Waals surface area contributed by atoms with Crippen LogP contribution < -0.4 is 0 Å². The van der Waals surface area contributed by atoms with Crippen molar-refractivity contribution in [2.24, 2.45) is 9.98 Å². The highest BCUT2D eigenvalue weighted by atomic mass is 15.0. The van der Waals surface area contributed by atoms with E-state index in [0.29, 0.717) is 11.5 Å². The molecule has 0 N–H and O–H groups in total. The highest BCUT2D eigenvalue weighted by molar-refractivity contribution is 6.15. The quantitative estimate of drug-likeness (QED) is 0.110. The fourth-order valence-electron chi connectivity index (χ4n) is 8.02. The lowest BCUT2D eigenvalue weighted by Gasteiger charge is -2.15. The minimum atomic E-state index is 0.612. The zero-order valence-corrected chi connectivity index (χ0v) is 33.0. The second-order valence-electron chi connectivity index (χ2n) is 14.8. The van der Waals surface area contributed by atoms with E-state index in [9.17, 15) is 0 Å². The fourth-order valence-corrected chi connectivity index (χ4v) is 8.02. The summed E-state index contributed by atoms with van der Waals surface area (Å²) in [5, 5.41) is 2.41. The molecular weight excluding hydrogens is 703 g/mol. The van der Waals surface area contributed by atoms with Gasteiger partial charge in [-0.1, -0.05) is 170 Å². The van der Waals surface area contributed by atoms with Gasteiger partial charge in [-0.2, -0.15) is 0 Å². The summed E-state index contributed by atoms with van der Waals surface area (Å²) in [6.07, 6.45) is 0. The molecule has 0 bridgehead atoms. The van der Waals surface area contributed by atoms with Crippen molar-refractivity contribution >= 4 is 39.1 Å². The van der Waals surface area contributed by atoms with Crippen LogP contribution in [0.4, 0.5) is 0 Å². The minimum absolute atomic E-state index is 0.612. The Bertz CT molecular complexity index is 3040. The summed E-state index contributed by atoms with van der Waals surface area (Å²) in [6, 6.07) is 68.7. The second-order valence-corrected chi connectivity index (χ2v) is 14.8. The molecule has 9 rings (SSSR count). The van der Waals surface area contributed by atoms with Crippen LogP contribution in [0.25, 0.3) is 66.6 Å². The molecule has 0 fully saturated rings. The molecule has 278 valence electrons. The summed E-state index contributed by atoms with van der Waals surface area (Å²) in [7, 11) is 0. The lowest BCUT2D eigenvalue weighted by atomic mass is 9.93. The summed E-state index contributed by atoms with van der Waals surface area (Å²) in [6.45, 7) is 10.8. The molecule has 1 heterocycles. The van der Waals surface area contributed by atoms with Gasteiger partial charge in [0.25, 0.3) is 0 Å². The van der Waals surface area contributed by atoms with E-state index in [1.165, 1.54) is 44.2 Å². The van der Waals surface area contributed by atoms with Gasteiger partial charge in [-0.15, -0.1) is 0 Å². The summed E-state index contributed by atoms with van der Waals surface area (Å²) in [4.78, 5) is 10.2. The van der Waals surface area contributed by atoms with Gasteiger partial charge in [0.05, 0.1) is 16.7 Å². The Morgan fingerprint density at radius 3 is 1.86 bits per heavy atom. The number of nitrogens with zero attached hydrogens (tertiary/aromatic N) is 3. The fraction of sp³-hybridized carbons (Fsp3) is 0.0545. The van der Waals surface area contributed by atoms with Crippen LogP contribution in [-0.2, 0) is 0 Å². The van der Waals surface area contributed by atoms with Crippen LogP contribution in [0.15, 0.2) is 211 Å². The maximum Gasteiger partial charge on any atom is 0.160 e. The van der Waals surface area contributed by atoms with E-state index in [2.05, 4.69) is 171 Å². The molecule has 0 saturated heterocycles. The van der Waals surface area contributed by atoms with Gasteiger partial charge in [0.2, 0.25) is 0 Å². The normalized spacial score (nSPS) is 12.0. The molecule has 58 heavy (non-hydrogen) atoms. The average molecular weight is 746 g/mol. The van der Waals surface area contributed by atoms with E-state index in [4.69, 9.17) is 9.98 Å². The van der Waals surface area contributed by atoms with Gasteiger partial charge in [0, 0.05) is 33.3 Å². The first-order valence-electron chi connectivity index (χ1n) is 19.8. The topological polar surface area (TPSA) is 29.6 Å². The predicted molar refractivity (Wildman–Crippen MR) is 247 cm³/mol. The Morgan fingerprint density at radius 2 is 1.05 bits per heavy atom. The van der Waals surface area contributed by atoms with Crippen molar-refractivity contribution in [2.75, 3.05) is 0 Å². The first-order chi connectivity index (χ1) is 28.4. The van der Waals surface area contributed by atoms with E-state index < -0.39 is 0 Å². The molecule has 0 aliphatic carbocycles. The number of aryl methyl sites for hydroxylation is 2. The number of para-hydroxylation sites is 2. The molecule has 0 radical (unpaired) electrons. The Balaban J connectivity index is 1.20. The van der Waals surface area contributed by atoms with Gasteiger partial charge >= 0.3 is 0 Å². The maximum atomic E-state index is 5.15. The van der Waals surface area contributed by atoms with E-state index in [1.54, 1.807) is 0 Å². The molecule has 3 nitrogen and oxygen atoms in total. The van der Waals surface area contributed by atoms with Crippen LogP contribution in [0.5, 0.6) is 0 Å². The number of hydrogen-bond donors (Lipinski definition) is 0. The number of rotatable bonds is 8. The van der Waals surface area contributed by atoms with Gasteiger partial charge in [-0.3, -0.25) is 0 Å². The third-order valence-corrected chi connectivity index (χ3v) is 11.1. The smallest absolute Gasteiger partial charge is 0.160 e. The van der Waals surface area contributed by atoms with Crippen LogP contribution in [-0.4, -0.2) is 16.1 Å². The maximum absolute atomic E-state index is 5.15. The molecule has 0 aliphatic heterocycles. The molecule has 1 aromatic heterocycles. The predicted octanol–water partition coefficient (Wildman–Crippen LogP) is 14.3. The van der Waals surface area contributed by atoms with Gasteiger partial charge in [0.15, 0.2) is 5.84 Å². The molecule has 9 aromatic rings. The van der Waals surface area contributed by atoms with Crippen molar-refractivity contribution in [3.05, 3.63) is 229 Å². The molecular formula is C55H43N3. The molecule has 8 aromatic carbocycles. The van der Waals surface area contributed by atoms with E-state index in [0.717, 1.165) is 50.2 Å². The molecule has 3 heteroatoms. The summed E-state index contributed by atoms with van der Waals surface area (Å²) >= 11 is 0. The monoisotopic (exact) mass is 745 g/mol. The Hall–Kier alpha value is -7.36. The van der Waals surface area contributed by atoms with Crippen LogP contribution in [0.3, 0.4) is 0 Å².